The molecule has 0 amide bonds. The van der Waals surface area contributed by atoms with Crippen molar-refractivity contribution >= 4 is 43.7 Å². The molecule has 0 bridgehead atoms. The molecule has 0 rings (SSSR count). The molecular weight excluding hydrogens is 324 g/mol. The van der Waals surface area contributed by atoms with Crippen LogP contribution in [-0.4, -0.2) is 43.7 Å². The third-order valence-corrected chi connectivity index (χ3v) is 3.64. The summed E-state index contributed by atoms with van der Waals surface area (Å²) in [5, 5.41) is 10.2. The molecule has 0 fully saturated rings. The van der Waals surface area contributed by atoms with Crippen LogP contribution in [0, 0.1) is 0 Å². The molecule has 0 aromatic heterocycles. The van der Waals surface area contributed by atoms with Crippen LogP contribution in [-0.2, 0) is 4.79 Å². The van der Waals surface area contributed by atoms with Crippen LogP contribution in [0.15, 0.2) is 12.2 Å². The van der Waals surface area contributed by atoms with E-state index in [4.69, 9.17) is 0 Å². The normalized spacial score (nSPS) is 10.2. The van der Waals surface area contributed by atoms with Gasteiger partial charge in [0.25, 0.3) is 0 Å². The van der Waals surface area contributed by atoms with E-state index in [1.54, 1.807) is 0 Å². The Morgan fingerprint density at radius 2 is 1.18 bits per heavy atom. The number of carbonyl (C=O) groups is 1. The maximum atomic E-state index is 10.2. The van der Waals surface area contributed by atoms with E-state index in [-0.39, 0.29) is 56.6 Å². The number of carboxylic acids is 1. The summed E-state index contributed by atoms with van der Waals surface area (Å²) in [5.41, 5.74) is 0. The zero-order chi connectivity index (χ0) is 14.9. The summed E-state index contributed by atoms with van der Waals surface area (Å²) in [6.07, 6.45) is 20.9. The number of hydrogen-bond donors (Lipinski definition) is 0. The average molecular weight is 357 g/mol. The van der Waals surface area contributed by atoms with E-state index in [0.29, 0.717) is 0 Å². The van der Waals surface area contributed by atoms with E-state index in [0.717, 1.165) is 19.3 Å². The number of allylic oxidation sites excluding steroid dienone is 2. The molecule has 0 aromatic rings. The Bertz CT molecular complexity index is 245. The van der Waals surface area contributed by atoms with E-state index in [2.05, 4.69) is 19.1 Å². The second-order valence-corrected chi connectivity index (χ2v) is 5.71. The van der Waals surface area contributed by atoms with Crippen molar-refractivity contribution in [3.05, 3.63) is 12.2 Å². The van der Waals surface area contributed by atoms with Crippen molar-refractivity contribution in [3.8, 4) is 0 Å². The third kappa shape index (κ3) is 25.7. The van der Waals surface area contributed by atoms with E-state index in [1.165, 1.54) is 64.2 Å². The van der Waals surface area contributed by atoms with Crippen LogP contribution in [0.5, 0.6) is 0 Å². The molecule has 0 aromatic carbocycles. The molecule has 0 N–H and O–H groups in total. The van der Waals surface area contributed by atoms with Gasteiger partial charge in [0.15, 0.2) is 0 Å². The van der Waals surface area contributed by atoms with Crippen LogP contribution in [0.1, 0.15) is 96.8 Å². The van der Waals surface area contributed by atoms with Crippen LogP contribution < -0.4 is 17.5 Å². The molecule has 0 saturated heterocycles. The van der Waals surface area contributed by atoms with Crippen LogP contribution >= 0.6 is 0 Å². The predicted octanol–water partition coefficient (Wildman–Crippen LogP) is 1.40. The Morgan fingerprint density at radius 1 is 0.773 bits per heavy atom. The largest absolute Gasteiger partial charge is 2.00 e. The molecule has 0 radical (unpaired) electrons. The molecule has 22 heavy (non-hydrogen) atoms. The van der Waals surface area contributed by atoms with Crippen molar-refractivity contribution in [1.29, 1.82) is 0 Å². The van der Waals surface area contributed by atoms with Crippen LogP contribution in [0.4, 0.5) is 0 Å². The summed E-state index contributed by atoms with van der Waals surface area (Å²) in [7, 11) is 0. The summed E-state index contributed by atoms with van der Waals surface area (Å²) >= 11 is 0. The zero-order valence-corrected chi connectivity index (χ0v) is 17.4. The average Bonchev–Trinajstić information content (AvgIpc) is 2.43. The minimum Gasteiger partial charge on any atom is -1.00 e. The van der Waals surface area contributed by atoms with Crippen molar-refractivity contribution in [1.82, 2.24) is 0 Å². The quantitative estimate of drug-likeness (QED) is 0.253. The van der Waals surface area contributed by atoms with Crippen molar-refractivity contribution in [2.75, 3.05) is 0 Å². The number of rotatable bonds is 15. The smallest absolute Gasteiger partial charge is 1.00 e. The Morgan fingerprint density at radius 3 is 1.64 bits per heavy atom. The molecule has 0 unspecified atom stereocenters. The Balaban J connectivity index is -0.00000180. The maximum absolute atomic E-state index is 10.2. The number of carbonyl (C=O) groups excluding carboxylic acids is 1. The summed E-state index contributed by atoms with van der Waals surface area (Å²) in [4.78, 5) is 10.2. The SMILES string of the molecule is CCCCCCCC/C=C\CCCCCCCC(=O)[O-].[Ca+2].[Cl-]. The Kier molecular flexibility index (Phi) is 30.1. The van der Waals surface area contributed by atoms with Gasteiger partial charge in [0.05, 0.1) is 0 Å². The van der Waals surface area contributed by atoms with Gasteiger partial charge >= 0.3 is 37.7 Å². The molecule has 0 aliphatic rings. The molecule has 4 heteroatoms. The van der Waals surface area contributed by atoms with E-state index in [9.17, 15) is 9.90 Å². The predicted molar refractivity (Wildman–Crippen MR) is 90.2 cm³/mol. The van der Waals surface area contributed by atoms with Crippen molar-refractivity contribution < 1.29 is 22.3 Å². The first kappa shape index (κ1) is 27.6. The molecule has 0 atom stereocenters. The minimum absolute atomic E-state index is 0. The van der Waals surface area contributed by atoms with Gasteiger partial charge in [-0.15, -0.1) is 0 Å². The molecule has 126 valence electrons. The number of unbranched alkanes of at least 4 members (excludes halogenated alkanes) is 11. The number of hydrogen-bond acceptors (Lipinski definition) is 2. The molecule has 0 spiro atoms. The Hall–Kier alpha value is 0.760. The third-order valence-electron chi connectivity index (χ3n) is 3.64. The minimum atomic E-state index is -0.914. The maximum Gasteiger partial charge on any atom is 2.00 e. The van der Waals surface area contributed by atoms with Gasteiger partial charge in [-0.3, -0.25) is 0 Å². The van der Waals surface area contributed by atoms with Crippen molar-refractivity contribution in [2.24, 2.45) is 0 Å². The monoisotopic (exact) mass is 356 g/mol. The van der Waals surface area contributed by atoms with Gasteiger partial charge in [0.1, 0.15) is 0 Å². The van der Waals surface area contributed by atoms with Crippen molar-refractivity contribution in [3.63, 3.8) is 0 Å². The van der Waals surface area contributed by atoms with Gasteiger partial charge in [0.2, 0.25) is 0 Å². The van der Waals surface area contributed by atoms with E-state index >= 15 is 0 Å². The van der Waals surface area contributed by atoms with Gasteiger partial charge in [0, 0.05) is 5.97 Å². The first-order valence-corrected chi connectivity index (χ1v) is 8.62. The summed E-state index contributed by atoms with van der Waals surface area (Å²) in [5.74, 6) is -0.914. The molecular formula is C18H33CaClO2. The molecule has 0 heterocycles. The molecule has 0 aliphatic heterocycles. The van der Waals surface area contributed by atoms with Crippen LogP contribution in [0.3, 0.4) is 0 Å². The van der Waals surface area contributed by atoms with Gasteiger partial charge in [-0.2, -0.15) is 0 Å². The number of halogens is 1. The summed E-state index contributed by atoms with van der Waals surface area (Å²) in [6, 6.07) is 0. The fraction of sp³-hybridized carbons (Fsp3) is 0.833. The standard InChI is InChI=1S/C18H34O2.Ca.ClH/c1-2-3-4-5-6-7-8-9-10-11-12-13-14-15-16-17-18(19)20;;/h9-10H,2-8,11-17H2,1H3,(H,19,20);;1H/q;+2;/p-2/b10-9-;;. The fourth-order valence-electron chi connectivity index (χ4n) is 2.34. The van der Waals surface area contributed by atoms with Crippen molar-refractivity contribution in [2.45, 2.75) is 96.8 Å². The van der Waals surface area contributed by atoms with Crippen LogP contribution in [0.25, 0.3) is 0 Å². The second-order valence-electron chi connectivity index (χ2n) is 5.71. The van der Waals surface area contributed by atoms with Gasteiger partial charge in [-0.05, 0) is 38.5 Å². The van der Waals surface area contributed by atoms with E-state index < -0.39 is 5.97 Å². The van der Waals surface area contributed by atoms with Gasteiger partial charge < -0.3 is 22.3 Å². The first-order chi connectivity index (χ1) is 9.77. The molecule has 2 nitrogen and oxygen atoms in total. The fourth-order valence-corrected chi connectivity index (χ4v) is 2.34. The summed E-state index contributed by atoms with van der Waals surface area (Å²) < 4.78 is 0. The van der Waals surface area contributed by atoms with Gasteiger partial charge in [-0.1, -0.05) is 70.4 Å². The van der Waals surface area contributed by atoms with E-state index in [1.807, 2.05) is 0 Å². The zero-order valence-electron chi connectivity index (χ0n) is 14.5. The topological polar surface area (TPSA) is 40.1 Å². The number of carboxylic acid groups (broad SMARTS) is 1. The first-order valence-electron chi connectivity index (χ1n) is 8.62. The molecule has 0 saturated carbocycles. The summed E-state index contributed by atoms with van der Waals surface area (Å²) in [6.45, 7) is 2.26. The number of aliphatic carboxylic acids is 1. The van der Waals surface area contributed by atoms with Crippen LogP contribution in [0.2, 0.25) is 0 Å². The second kappa shape index (κ2) is 24.0. The van der Waals surface area contributed by atoms with Gasteiger partial charge in [-0.25, -0.2) is 0 Å². The Labute approximate surface area is 173 Å². The molecule has 0 aliphatic carbocycles.